The summed E-state index contributed by atoms with van der Waals surface area (Å²) in [6.45, 7) is 10.7. The van der Waals surface area contributed by atoms with Gasteiger partial charge in [-0.25, -0.2) is 9.97 Å². The van der Waals surface area contributed by atoms with Gasteiger partial charge >= 0.3 is 0 Å². The zero-order chi connectivity index (χ0) is 19.9. The van der Waals surface area contributed by atoms with E-state index in [0.717, 1.165) is 42.2 Å². The van der Waals surface area contributed by atoms with Crippen LogP contribution in [0.2, 0.25) is 0 Å². The summed E-state index contributed by atoms with van der Waals surface area (Å²) in [4.78, 5) is 13.8. The van der Waals surface area contributed by atoms with Gasteiger partial charge in [0, 0.05) is 41.0 Å². The SMILES string of the molecule is Cc1nn(C(C)(C)C)cc1C(C)Nc1nc(-c2ccncc2)nc2c1CCC2. The Kier molecular flexibility index (Phi) is 4.65. The number of aromatic nitrogens is 5. The Morgan fingerprint density at radius 2 is 1.86 bits per heavy atom. The van der Waals surface area contributed by atoms with Crippen molar-refractivity contribution in [1.29, 1.82) is 0 Å². The van der Waals surface area contributed by atoms with Crippen molar-refractivity contribution in [3.63, 3.8) is 0 Å². The van der Waals surface area contributed by atoms with E-state index in [2.05, 4.69) is 51.1 Å². The van der Waals surface area contributed by atoms with Gasteiger partial charge in [0.2, 0.25) is 0 Å². The fourth-order valence-electron chi connectivity index (χ4n) is 3.71. The molecule has 1 aliphatic rings. The Morgan fingerprint density at radius 3 is 2.54 bits per heavy atom. The second-order valence-corrected chi connectivity index (χ2v) is 8.56. The molecule has 0 spiro atoms. The Labute approximate surface area is 166 Å². The number of nitrogens with zero attached hydrogens (tertiary/aromatic N) is 5. The molecule has 0 aromatic carbocycles. The number of hydrogen-bond acceptors (Lipinski definition) is 5. The highest BCUT2D eigenvalue weighted by Gasteiger charge is 2.23. The van der Waals surface area contributed by atoms with Crippen molar-refractivity contribution in [2.75, 3.05) is 5.32 Å². The normalized spacial score (nSPS) is 14.8. The number of fused-ring (bicyclic) bond motifs is 1. The summed E-state index contributed by atoms with van der Waals surface area (Å²) >= 11 is 0. The minimum Gasteiger partial charge on any atom is -0.363 e. The highest BCUT2D eigenvalue weighted by atomic mass is 15.3. The minimum absolute atomic E-state index is 0.0343. The molecule has 0 aliphatic heterocycles. The molecule has 4 rings (SSSR count). The molecule has 3 aromatic heterocycles. The van der Waals surface area contributed by atoms with Crippen molar-refractivity contribution in [3.05, 3.63) is 53.2 Å². The van der Waals surface area contributed by atoms with E-state index in [1.54, 1.807) is 12.4 Å². The van der Waals surface area contributed by atoms with Gasteiger partial charge in [0.1, 0.15) is 5.82 Å². The topological polar surface area (TPSA) is 68.5 Å². The van der Waals surface area contributed by atoms with Crippen LogP contribution in [0.3, 0.4) is 0 Å². The first kappa shape index (κ1) is 18.6. The van der Waals surface area contributed by atoms with E-state index in [-0.39, 0.29) is 11.6 Å². The quantitative estimate of drug-likeness (QED) is 0.728. The molecule has 0 bridgehead atoms. The van der Waals surface area contributed by atoms with Crippen molar-refractivity contribution in [1.82, 2.24) is 24.7 Å². The lowest BCUT2D eigenvalue weighted by atomic mass is 10.1. The highest BCUT2D eigenvalue weighted by molar-refractivity contribution is 5.60. The van der Waals surface area contributed by atoms with Crippen LogP contribution in [0.5, 0.6) is 0 Å². The van der Waals surface area contributed by atoms with E-state index in [9.17, 15) is 0 Å². The van der Waals surface area contributed by atoms with Gasteiger partial charge in [0.15, 0.2) is 5.82 Å². The van der Waals surface area contributed by atoms with E-state index < -0.39 is 0 Å². The molecule has 6 nitrogen and oxygen atoms in total. The summed E-state index contributed by atoms with van der Waals surface area (Å²) in [5.74, 6) is 1.71. The average Bonchev–Trinajstić information content (AvgIpc) is 3.28. The maximum absolute atomic E-state index is 4.89. The molecule has 0 amide bonds. The molecule has 1 unspecified atom stereocenters. The monoisotopic (exact) mass is 376 g/mol. The number of nitrogens with one attached hydrogen (secondary N) is 1. The smallest absolute Gasteiger partial charge is 0.161 e. The van der Waals surface area contributed by atoms with Crippen molar-refractivity contribution >= 4 is 5.82 Å². The predicted molar refractivity (Wildman–Crippen MR) is 111 cm³/mol. The Bertz CT molecular complexity index is 984. The van der Waals surface area contributed by atoms with E-state index in [1.807, 2.05) is 16.8 Å². The predicted octanol–water partition coefficient (Wildman–Crippen LogP) is 4.46. The van der Waals surface area contributed by atoms with Crippen LogP contribution in [0.15, 0.2) is 30.7 Å². The Hall–Kier alpha value is -2.76. The number of aryl methyl sites for hydroxylation is 2. The van der Waals surface area contributed by atoms with Crippen LogP contribution in [0.4, 0.5) is 5.82 Å². The van der Waals surface area contributed by atoms with Crippen molar-refractivity contribution in [2.45, 2.75) is 65.5 Å². The third-order valence-electron chi connectivity index (χ3n) is 5.32. The highest BCUT2D eigenvalue weighted by Crippen LogP contribution is 2.32. The van der Waals surface area contributed by atoms with Crippen molar-refractivity contribution in [2.24, 2.45) is 0 Å². The molecule has 3 aromatic rings. The maximum Gasteiger partial charge on any atom is 0.161 e. The molecule has 0 saturated carbocycles. The third kappa shape index (κ3) is 3.51. The fourth-order valence-corrected chi connectivity index (χ4v) is 3.71. The first-order chi connectivity index (χ1) is 13.3. The lowest BCUT2D eigenvalue weighted by Gasteiger charge is -2.19. The number of anilines is 1. The maximum atomic E-state index is 4.89. The minimum atomic E-state index is -0.0343. The summed E-state index contributed by atoms with van der Waals surface area (Å²) in [5.41, 5.74) is 5.63. The molecule has 3 heterocycles. The average molecular weight is 377 g/mol. The van der Waals surface area contributed by atoms with Crippen LogP contribution >= 0.6 is 0 Å². The van der Waals surface area contributed by atoms with Gasteiger partial charge in [-0.3, -0.25) is 9.67 Å². The van der Waals surface area contributed by atoms with Gasteiger partial charge in [-0.1, -0.05) is 0 Å². The van der Waals surface area contributed by atoms with Gasteiger partial charge in [-0.2, -0.15) is 5.10 Å². The molecule has 1 N–H and O–H groups in total. The van der Waals surface area contributed by atoms with E-state index in [0.29, 0.717) is 0 Å². The van der Waals surface area contributed by atoms with E-state index >= 15 is 0 Å². The zero-order valence-electron chi connectivity index (χ0n) is 17.3. The first-order valence-electron chi connectivity index (χ1n) is 9.96. The van der Waals surface area contributed by atoms with Crippen molar-refractivity contribution < 1.29 is 0 Å². The Balaban J connectivity index is 1.68. The second-order valence-electron chi connectivity index (χ2n) is 8.56. The number of rotatable bonds is 4. The lowest BCUT2D eigenvalue weighted by molar-refractivity contribution is 0.354. The van der Waals surface area contributed by atoms with Gasteiger partial charge in [0.25, 0.3) is 0 Å². The molecule has 6 heteroatoms. The molecule has 1 aliphatic carbocycles. The molecule has 0 saturated heterocycles. The molecular weight excluding hydrogens is 348 g/mol. The lowest BCUT2D eigenvalue weighted by Crippen LogP contribution is -2.22. The van der Waals surface area contributed by atoms with E-state index in [1.165, 1.54) is 16.8 Å². The third-order valence-corrected chi connectivity index (χ3v) is 5.32. The fraction of sp³-hybridized carbons (Fsp3) is 0.455. The van der Waals surface area contributed by atoms with Gasteiger partial charge in [-0.05, 0) is 66.0 Å². The number of pyridine rings is 1. The van der Waals surface area contributed by atoms with E-state index in [4.69, 9.17) is 15.1 Å². The largest absolute Gasteiger partial charge is 0.363 e. The van der Waals surface area contributed by atoms with Crippen LogP contribution in [-0.4, -0.2) is 24.7 Å². The Morgan fingerprint density at radius 1 is 1.11 bits per heavy atom. The van der Waals surface area contributed by atoms with Crippen molar-refractivity contribution in [3.8, 4) is 11.4 Å². The van der Waals surface area contributed by atoms with Gasteiger partial charge < -0.3 is 5.32 Å². The molecule has 0 fully saturated rings. The molecule has 1 atom stereocenters. The van der Waals surface area contributed by atoms with Crippen LogP contribution in [0, 0.1) is 6.92 Å². The molecule has 28 heavy (non-hydrogen) atoms. The first-order valence-corrected chi connectivity index (χ1v) is 9.96. The summed E-state index contributed by atoms with van der Waals surface area (Å²) in [7, 11) is 0. The summed E-state index contributed by atoms with van der Waals surface area (Å²) < 4.78 is 2.04. The summed E-state index contributed by atoms with van der Waals surface area (Å²) in [6, 6.07) is 4.03. The van der Waals surface area contributed by atoms with Crippen LogP contribution < -0.4 is 5.32 Å². The standard InChI is InChI=1S/C22H28N6/c1-14(18-13-28(22(3,4)5)27-15(18)2)24-21-17-7-6-8-19(17)25-20(26-21)16-9-11-23-12-10-16/h9-14H,6-8H2,1-5H3,(H,24,25,26). The summed E-state index contributed by atoms with van der Waals surface area (Å²) in [6.07, 6.45) is 8.89. The van der Waals surface area contributed by atoms with Gasteiger partial charge in [0.05, 0.1) is 17.3 Å². The molecule has 0 radical (unpaired) electrons. The second kappa shape index (κ2) is 7.00. The molecular formula is C22H28N6. The van der Waals surface area contributed by atoms with Crippen LogP contribution in [0.1, 0.15) is 62.7 Å². The van der Waals surface area contributed by atoms with Crippen LogP contribution in [-0.2, 0) is 18.4 Å². The van der Waals surface area contributed by atoms with Gasteiger partial charge in [-0.15, -0.1) is 0 Å². The van der Waals surface area contributed by atoms with Crippen LogP contribution in [0.25, 0.3) is 11.4 Å². The number of hydrogen-bond donors (Lipinski definition) is 1. The summed E-state index contributed by atoms with van der Waals surface area (Å²) in [5, 5.41) is 8.37. The zero-order valence-corrected chi connectivity index (χ0v) is 17.3. The molecule has 146 valence electrons.